The number of hydrogen-bond donors (Lipinski definition) is 2. The van der Waals surface area contributed by atoms with Gasteiger partial charge in [-0.3, -0.25) is 4.79 Å². The maximum atomic E-state index is 12.8. The van der Waals surface area contributed by atoms with E-state index in [1.807, 2.05) is 17.1 Å². The van der Waals surface area contributed by atoms with Crippen LogP contribution in [0, 0.1) is 5.92 Å². The predicted octanol–water partition coefficient (Wildman–Crippen LogP) is 2.89. The van der Waals surface area contributed by atoms with Crippen LogP contribution in [0.25, 0.3) is 11.1 Å². The zero-order valence-corrected chi connectivity index (χ0v) is 15.2. The fourth-order valence-electron chi connectivity index (χ4n) is 3.72. The van der Waals surface area contributed by atoms with Crippen molar-refractivity contribution in [1.82, 2.24) is 10.3 Å². The van der Waals surface area contributed by atoms with Gasteiger partial charge in [0, 0.05) is 18.1 Å². The van der Waals surface area contributed by atoms with Gasteiger partial charge in [-0.2, -0.15) is 4.98 Å². The molecule has 1 aromatic heterocycles. The van der Waals surface area contributed by atoms with Crippen LogP contribution in [0.2, 0.25) is 5.02 Å². The van der Waals surface area contributed by atoms with Gasteiger partial charge in [-0.15, -0.1) is 0 Å². The van der Waals surface area contributed by atoms with Crippen LogP contribution >= 0.6 is 11.6 Å². The number of amides is 1. The Morgan fingerprint density at radius 1 is 1.42 bits per heavy atom. The van der Waals surface area contributed by atoms with Crippen LogP contribution in [0.5, 0.6) is 0 Å². The first-order chi connectivity index (χ1) is 12.6. The third-order valence-electron chi connectivity index (χ3n) is 5.28. The molecule has 138 valence electrons. The number of piperidine rings is 1. The Hall–Kier alpha value is -2.05. The number of carbonyl (C=O) groups is 1. The maximum Gasteiger partial charge on any atom is 0.298 e. The molecule has 2 aromatic rings. The van der Waals surface area contributed by atoms with Crippen molar-refractivity contribution in [2.24, 2.45) is 5.92 Å². The minimum Gasteiger partial charge on any atom is -0.423 e. The van der Waals surface area contributed by atoms with Crippen molar-refractivity contribution < 1.29 is 14.3 Å². The molecule has 0 saturated carbocycles. The molecule has 6 nitrogen and oxygen atoms in total. The Balaban J connectivity index is 1.47. The smallest absolute Gasteiger partial charge is 0.298 e. The summed E-state index contributed by atoms with van der Waals surface area (Å²) < 4.78 is 5.84. The summed E-state index contributed by atoms with van der Waals surface area (Å²) >= 11 is 6.01. The van der Waals surface area contributed by atoms with Gasteiger partial charge in [0.2, 0.25) is 5.91 Å². The van der Waals surface area contributed by atoms with Crippen molar-refractivity contribution in [1.29, 1.82) is 0 Å². The molecule has 1 amide bonds. The summed E-state index contributed by atoms with van der Waals surface area (Å²) in [4.78, 5) is 19.3. The van der Waals surface area contributed by atoms with Crippen LogP contribution in [-0.4, -0.2) is 41.2 Å². The van der Waals surface area contributed by atoms with Gasteiger partial charge in [-0.1, -0.05) is 23.8 Å². The third kappa shape index (κ3) is 3.31. The Bertz CT molecular complexity index is 840. The summed E-state index contributed by atoms with van der Waals surface area (Å²) in [5.41, 5.74) is 0.871. The third-order valence-corrected chi connectivity index (χ3v) is 5.51. The first-order valence-electron chi connectivity index (χ1n) is 8.97. The van der Waals surface area contributed by atoms with E-state index < -0.39 is 5.54 Å². The zero-order chi connectivity index (χ0) is 18.1. The van der Waals surface area contributed by atoms with Gasteiger partial charge in [0.05, 0.1) is 18.1 Å². The molecule has 1 aromatic carbocycles. The van der Waals surface area contributed by atoms with E-state index >= 15 is 0 Å². The number of nitrogens with zero attached hydrogens (tertiary/aromatic N) is 2. The minimum atomic E-state index is -0.534. The van der Waals surface area contributed by atoms with Crippen molar-refractivity contribution in [2.75, 3.05) is 24.6 Å². The molecule has 1 unspecified atom stereocenters. The monoisotopic (exact) mass is 375 g/mol. The van der Waals surface area contributed by atoms with E-state index in [0.717, 1.165) is 24.9 Å². The Morgan fingerprint density at radius 2 is 2.23 bits per heavy atom. The number of aliphatic hydroxyl groups is 1. The summed E-state index contributed by atoms with van der Waals surface area (Å²) in [5.74, 6) is -0.155. The molecule has 1 atom stereocenters. The highest BCUT2D eigenvalue weighted by molar-refractivity contribution is 6.31. The second kappa shape index (κ2) is 6.93. The van der Waals surface area contributed by atoms with Gasteiger partial charge >= 0.3 is 0 Å². The minimum absolute atomic E-state index is 0.00777. The fourth-order valence-corrected chi connectivity index (χ4v) is 3.89. The van der Waals surface area contributed by atoms with E-state index in [0.29, 0.717) is 36.0 Å². The molecule has 26 heavy (non-hydrogen) atoms. The molecular weight excluding hydrogens is 354 g/mol. The molecule has 0 bridgehead atoms. The maximum absolute atomic E-state index is 12.8. The van der Waals surface area contributed by atoms with Gasteiger partial charge < -0.3 is 19.7 Å². The van der Waals surface area contributed by atoms with Crippen LogP contribution in [-0.2, 0) is 4.79 Å². The lowest BCUT2D eigenvalue weighted by Gasteiger charge is -2.34. The molecule has 2 aliphatic rings. The van der Waals surface area contributed by atoms with E-state index in [9.17, 15) is 9.90 Å². The highest BCUT2D eigenvalue weighted by atomic mass is 35.5. The van der Waals surface area contributed by atoms with Crippen molar-refractivity contribution in [3.05, 3.63) is 35.4 Å². The van der Waals surface area contributed by atoms with E-state index in [-0.39, 0.29) is 18.4 Å². The van der Waals surface area contributed by atoms with Crippen LogP contribution in [0.1, 0.15) is 25.7 Å². The summed E-state index contributed by atoms with van der Waals surface area (Å²) in [6.45, 7) is 1.31. The molecule has 2 heterocycles. The lowest BCUT2D eigenvalue weighted by molar-refractivity contribution is -0.127. The molecule has 7 heteroatoms. The number of rotatable bonds is 4. The van der Waals surface area contributed by atoms with Crippen LogP contribution in [0.3, 0.4) is 0 Å². The first kappa shape index (κ1) is 17.4. The number of aromatic nitrogens is 1. The second-order valence-electron chi connectivity index (χ2n) is 7.20. The number of fused-ring (bicyclic) bond motifs is 1. The number of hydrogen-bond acceptors (Lipinski definition) is 5. The van der Waals surface area contributed by atoms with Gasteiger partial charge in [0.15, 0.2) is 5.58 Å². The summed E-state index contributed by atoms with van der Waals surface area (Å²) in [6.07, 6.45) is 7.08. The normalized spacial score (nSPS) is 22.1. The summed E-state index contributed by atoms with van der Waals surface area (Å²) in [6, 6.07) is 5.88. The van der Waals surface area contributed by atoms with Crippen molar-refractivity contribution in [2.45, 2.75) is 31.2 Å². The highest BCUT2D eigenvalue weighted by Crippen LogP contribution is 2.29. The van der Waals surface area contributed by atoms with E-state index in [1.165, 1.54) is 0 Å². The zero-order valence-electron chi connectivity index (χ0n) is 14.4. The SMILES string of the molecule is O=C(NC1(CO)CC=CC1)C1CCCN(c2nc3cc(Cl)ccc3o2)C1. The summed E-state index contributed by atoms with van der Waals surface area (Å²) in [5, 5.41) is 13.4. The molecule has 4 rings (SSSR count). The quantitative estimate of drug-likeness (QED) is 0.803. The van der Waals surface area contributed by atoms with Gasteiger partial charge in [-0.05, 0) is 43.9 Å². The van der Waals surface area contributed by atoms with E-state index in [4.69, 9.17) is 16.0 Å². The van der Waals surface area contributed by atoms with Crippen molar-refractivity contribution in [3.63, 3.8) is 0 Å². The number of oxazole rings is 1. The van der Waals surface area contributed by atoms with Gasteiger partial charge in [-0.25, -0.2) is 0 Å². The number of carbonyl (C=O) groups excluding carboxylic acids is 1. The van der Waals surface area contributed by atoms with E-state index in [1.54, 1.807) is 18.2 Å². The van der Waals surface area contributed by atoms with Crippen molar-refractivity contribution in [3.8, 4) is 0 Å². The number of aliphatic hydroxyl groups excluding tert-OH is 1. The van der Waals surface area contributed by atoms with Crippen LogP contribution in [0.4, 0.5) is 6.01 Å². The topological polar surface area (TPSA) is 78.6 Å². The Kier molecular flexibility index (Phi) is 4.63. The van der Waals surface area contributed by atoms with E-state index in [2.05, 4.69) is 10.3 Å². The Morgan fingerprint density at radius 3 is 3.00 bits per heavy atom. The molecular formula is C19H22ClN3O3. The Labute approximate surface area is 156 Å². The van der Waals surface area contributed by atoms with Gasteiger partial charge in [0.1, 0.15) is 5.52 Å². The average molecular weight is 376 g/mol. The number of halogens is 1. The molecule has 1 aliphatic carbocycles. The number of benzene rings is 1. The first-order valence-corrected chi connectivity index (χ1v) is 9.35. The standard InChI is InChI=1S/C19H22ClN3O3/c20-14-5-6-16-15(10-14)21-18(26-16)23-9-3-4-13(11-23)17(25)22-19(12-24)7-1-2-8-19/h1-2,5-6,10,13,24H,3-4,7-9,11-12H2,(H,22,25). The highest BCUT2D eigenvalue weighted by Gasteiger charge is 2.36. The number of anilines is 1. The van der Waals surface area contributed by atoms with Crippen molar-refractivity contribution >= 4 is 34.6 Å². The molecule has 0 radical (unpaired) electrons. The van der Waals surface area contributed by atoms with Gasteiger partial charge in [0.25, 0.3) is 6.01 Å². The fraction of sp³-hybridized carbons (Fsp3) is 0.474. The average Bonchev–Trinajstić information content (AvgIpc) is 3.29. The van der Waals surface area contributed by atoms with Crippen LogP contribution in [0.15, 0.2) is 34.8 Å². The van der Waals surface area contributed by atoms with Crippen LogP contribution < -0.4 is 10.2 Å². The summed E-state index contributed by atoms with van der Waals surface area (Å²) in [7, 11) is 0. The molecule has 1 aliphatic heterocycles. The largest absolute Gasteiger partial charge is 0.423 e. The molecule has 1 saturated heterocycles. The lowest BCUT2D eigenvalue weighted by atomic mass is 9.93. The predicted molar refractivity (Wildman–Crippen MR) is 100 cm³/mol. The number of nitrogens with one attached hydrogen (secondary N) is 1. The molecule has 1 fully saturated rings. The molecule has 2 N–H and O–H groups in total. The second-order valence-corrected chi connectivity index (χ2v) is 7.64. The molecule has 0 spiro atoms. The lowest BCUT2D eigenvalue weighted by Crippen LogP contribution is -2.53.